The fourth-order valence-electron chi connectivity index (χ4n) is 2.99. The molecule has 2 aromatic carbocycles. The van der Waals surface area contributed by atoms with Crippen molar-refractivity contribution in [2.24, 2.45) is 0 Å². The van der Waals surface area contributed by atoms with Crippen molar-refractivity contribution in [3.8, 4) is 17.2 Å². The Hall–Kier alpha value is -2.69. The van der Waals surface area contributed by atoms with Crippen LogP contribution in [-0.4, -0.2) is 25.2 Å². The number of carbonyl (C=O) groups excluding carboxylic acids is 1. The van der Waals surface area contributed by atoms with Gasteiger partial charge in [0.1, 0.15) is 22.8 Å². The molecule has 0 fully saturated rings. The summed E-state index contributed by atoms with van der Waals surface area (Å²) in [5.74, 6) is 2.01. The van der Waals surface area contributed by atoms with E-state index in [1.165, 1.54) is 0 Å². The standard InChI is InChI=1S/C20H23NO4/c1-20(2)12-17(16-11-15(23-3)9-10-18(16)25-20)21-19(22)13-24-14-7-5-4-6-8-14/h4-11,17H,12-13H2,1-3H3,(H,21,22)/t17-/m0/s1. The predicted molar refractivity (Wildman–Crippen MR) is 95.1 cm³/mol. The Labute approximate surface area is 147 Å². The maximum absolute atomic E-state index is 12.4. The summed E-state index contributed by atoms with van der Waals surface area (Å²) in [5, 5.41) is 3.05. The van der Waals surface area contributed by atoms with Crippen molar-refractivity contribution in [2.45, 2.75) is 31.9 Å². The molecule has 0 aromatic heterocycles. The summed E-state index contributed by atoms with van der Waals surface area (Å²) < 4.78 is 16.8. The van der Waals surface area contributed by atoms with Gasteiger partial charge < -0.3 is 19.5 Å². The van der Waals surface area contributed by atoms with E-state index in [1.807, 2.05) is 62.4 Å². The first-order valence-corrected chi connectivity index (χ1v) is 8.31. The zero-order valence-corrected chi connectivity index (χ0v) is 14.7. The maximum atomic E-state index is 12.4. The molecule has 0 saturated carbocycles. The minimum Gasteiger partial charge on any atom is -0.497 e. The summed E-state index contributed by atoms with van der Waals surface area (Å²) in [6.07, 6.45) is 0.671. The Kier molecular flexibility index (Phi) is 4.83. The number of rotatable bonds is 5. The summed E-state index contributed by atoms with van der Waals surface area (Å²) in [6, 6.07) is 14.8. The van der Waals surface area contributed by atoms with E-state index in [0.717, 1.165) is 17.1 Å². The monoisotopic (exact) mass is 341 g/mol. The van der Waals surface area contributed by atoms with E-state index in [-0.39, 0.29) is 24.2 Å². The third kappa shape index (κ3) is 4.24. The molecule has 1 N–H and O–H groups in total. The lowest BCUT2D eigenvalue weighted by Gasteiger charge is -2.38. The quantitative estimate of drug-likeness (QED) is 0.904. The first kappa shape index (κ1) is 17.1. The molecule has 25 heavy (non-hydrogen) atoms. The van der Waals surface area contributed by atoms with Crippen LogP contribution >= 0.6 is 0 Å². The first-order valence-electron chi connectivity index (χ1n) is 8.31. The highest BCUT2D eigenvalue weighted by Gasteiger charge is 2.34. The number of carbonyl (C=O) groups is 1. The molecule has 0 spiro atoms. The van der Waals surface area contributed by atoms with Crippen molar-refractivity contribution in [3.63, 3.8) is 0 Å². The summed E-state index contributed by atoms with van der Waals surface area (Å²) in [5.41, 5.74) is 0.562. The molecule has 1 atom stereocenters. The molecule has 0 unspecified atom stereocenters. The number of hydrogen-bond acceptors (Lipinski definition) is 4. The highest BCUT2D eigenvalue weighted by atomic mass is 16.5. The van der Waals surface area contributed by atoms with Crippen molar-refractivity contribution in [3.05, 3.63) is 54.1 Å². The van der Waals surface area contributed by atoms with Crippen molar-refractivity contribution >= 4 is 5.91 Å². The molecular weight excluding hydrogens is 318 g/mol. The van der Waals surface area contributed by atoms with Gasteiger partial charge in [0, 0.05) is 12.0 Å². The Morgan fingerprint density at radius 2 is 1.96 bits per heavy atom. The van der Waals surface area contributed by atoms with Crippen LogP contribution in [0.25, 0.3) is 0 Å². The first-order chi connectivity index (χ1) is 12.0. The fraction of sp³-hybridized carbons (Fsp3) is 0.350. The topological polar surface area (TPSA) is 56.8 Å². The van der Waals surface area contributed by atoms with Crippen molar-refractivity contribution < 1.29 is 19.0 Å². The van der Waals surface area contributed by atoms with Gasteiger partial charge in [-0.1, -0.05) is 18.2 Å². The Morgan fingerprint density at radius 3 is 2.68 bits per heavy atom. The number of hydrogen-bond donors (Lipinski definition) is 1. The lowest BCUT2D eigenvalue weighted by atomic mass is 9.89. The number of methoxy groups -OCH3 is 1. The molecule has 0 aliphatic carbocycles. The minimum atomic E-state index is -0.361. The number of benzene rings is 2. The lowest BCUT2D eigenvalue weighted by molar-refractivity contribution is -0.124. The SMILES string of the molecule is COc1ccc2c(c1)[C@@H](NC(=O)COc1ccccc1)CC(C)(C)O2. The predicted octanol–water partition coefficient (Wildman–Crippen LogP) is 3.49. The number of para-hydroxylation sites is 1. The highest BCUT2D eigenvalue weighted by molar-refractivity contribution is 5.78. The van der Waals surface area contributed by atoms with Gasteiger partial charge in [0.15, 0.2) is 6.61 Å². The zero-order valence-electron chi connectivity index (χ0n) is 14.7. The molecule has 1 aliphatic heterocycles. The van der Waals surface area contributed by atoms with Crippen LogP contribution in [0.3, 0.4) is 0 Å². The van der Waals surface area contributed by atoms with E-state index in [1.54, 1.807) is 7.11 Å². The van der Waals surface area contributed by atoms with Gasteiger partial charge >= 0.3 is 0 Å². The van der Waals surface area contributed by atoms with Crippen molar-refractivity contribution in [1.82, 2.24) is 5.32 Å². The van der Waals surface area contributed by atoms with Gasteiger partial charge in [-0.2, -0.15) is 0 Å². The van der Waals surface area contributed by atoms with E-state index in [2.05, 4.69) is 5.32 Å². The van der Waals surface area contributed by atoms with Crippen LogP contribution < -0.4 is 19.5 Å². The summed E-state index contributed by atoms with van der Waals surface area (Å²) in [6.45, 7) is 4.00. The normalized spacial score (nSPS) is 17.8. The summed E-state index contributed by atoms with van der Waals surface area (Å²) in [4.78, 5) is 12.4. The molecule has 3 rings (SSSR count). The number of amides is 1. The van der Waals surface area contributed by atoms with E-state index < -0.39 is 0 Å². The fourth-order valence-corrected chi connectivity index (χ4v) is 2.99. The number of fused-ring (bicyclic) bond motifs is 1. The highest BCUT2D eigenvalue weighted by Crippen LogP contribution is 2.41. The molecule has 1 heterocycles. The lowest BCUT2D eigenvalue weighted by Crippen LogP contribution is -2.42. The second-order valence-electron chi connectivity index (χ2n) is 6.69. The summed E-state index contributed by atoms with van der Waals surface area (Å²) in [7, 11) is 1.62. The summed E-state index contributed by atoms with van der Waals surface area (Å²) >= 11 is 0. The molecule has 0 saturated heterocycles. The van der Waals surface area contributed by atoms with Gasteiger partial charge in [0.25, 0.3) is 5.91 Å². The van der Waals surface area contributed by atoms with Crippen LogP contribution in [0.1, 0.15) is 31.9 Å². The van der Waals surface area contributed by atoms with E-state index in [0.29, 0.717) is 12.2 Å². The number of ether oxygens (including phenoxy) is 3. The van der Waals surface area contributed by atoms with Gasteiger partial charge in [0.05, 0.1) is 13.2 Å². The van der Waals surface area contributed by atoms with Crippen molar-refractivity contribution in [2.75, 3.05) is 13.7 Å². The van der Waals surface area contributed by atoms with E-state index in [4.69, 9.17) is 14.2 Å². The third-order valence-corrected chi connectivity index (χ3v) is 4.12. The molecule has 132 valence electrons. The van der Waals surface area contributed by atoms with Crippen LogP contribution in [0.15, 0.2) is 48.5 Å². The van der Waals surface area contributed by atoms with Gasteiger partial charge in [-0.3, -0.25) is 4.79 Å². The molecular formula is C20H23NO4. The maximum Gasteiger partial charge on any atom is 0.258 e. The van der Waals surface area contributed by atoms with Crippen LogP contribution in [0.5, 0.6) is 17.2 Å². The smallest absolute Gasteiger partial charge is 0.258 e. The average molecular weight is 341 g/mol. The van der Waals surface area contributed by atoms with Crippen LogP contribution in [0.4, 0.5) is 0 Å². The molecule has 1 amide bonds. The zero-order chi connectivity index (χ0) is 17.9. The third-order valence-electron chi connectivity index (χ3n) is 4.12. The Morgan fingerprint density at radius 1 is 1.20 bits per heavy atom. The largest absolute Gasteiger partial charge is 0.497 e. The van der Waals surface area contributed by atoms with Gasteiger partial charge in [-0.25, -0.2) is 0 Å². The second-order valence-corrected chi connectivity index (χ2v) is 6.69. The minimum absolute atomic E-state index is 0.0267. The molecule has 1 aliphatic rings. The van der Waals surface area contributed by atoms with Gasteiger partial charge in [-0.15, -0.1) is 0 Å². The van der Waals surface area contributed by atoms with Crippen LogP contribution in [0, 0.1) is 0 Å². The molecule has 5 heteroatoms. The Bertz CT molecular complexity index is 743. The van der Waals surface area contributed by atoms with Crippen molar-refractivity contribution in [1.29, 1.82) is 0 Å². The number of nitrogens with one attached hydrogen (secondary N) is 1. The second kappa shape index (κ2) is 7.05. The molecule has 5 nitrogen and oxygen atoms in total. The van der Waals surface area contributed by atoms with E-state index >= 15 is 0 Å². The molecule has 2 aromatic rings. The Balaban J connectivity index is 1.71. The molecule has 0 radical (unpaired) electrons. The van der Waals surface area contributed by atoms with Crippen LogP contribution in [-0.2, 0) is 4.79 Å². The average Bonchev–Trinajstić information content (AvgIpc) is 2.60. The van der Waals surface area contributed by atoms with Gasteiger partial charge in [0.2, 0.25) is 0 Å². The van der Waals surface area contributed by atoms with Gasteiger partial charge in [-0.05, 0) is 44.2 Å². The molecule has 0 bridgehead atoms. The van der Waals surface area contributed by atoms with Crippen LogP contribution in [0.2, 0.25) is 0 Å². The van der Waals surface area contributed by atoms with E-state index in [9.17, 15) is 4.79 Å².